The molecule has 1 saturated heterocycles. The Labute approximate surface area is 176 Å². The molecule has 1 aromatic heterocycles. The summed E-state index contributed by atoms with van der Waals surface area (Å²) < 4.78 is 5.40. The minimum absolute atomic E-state index is 0.121. The zero-order valence-corrected chi connectivity index (χ0v) is 17.1. The van der Waals surface area contributed by atoms with Gasteiger partial charge in [-0.3, -0.25) is 5.32 Å². The summed E-state index contributed by atoms with van der Waals surface area (Å²) in [5.41, 5.74) is 1.60. The second-order valence-corrected chi connectivity index (χ2v) is 7.77. The van der Waals surface area contributed by atoms with Gasteiger partial charge >= 0.3 is 6.03 Å². The quantitative estimate of drug-likeness (QED) is 0.660. The average Bonchev–Trinajstić information content (AvgIpc) is 3.05. The lowest BCUT2D eigenvalue weighted by Gasteiger charge is -2.27. The van der Waals surface area contributed by atoms with Gasteiger partial charge in [0, 0.05) is 35.8 Å². The molecule has 1 aliphatic rings. The van der Waals surface area contributed by atoms with Crippen LogP contribution in [0.15, 0.2) is 18.2 Å². The number of anilines is 2. The molecule has 148 valence electrons. The van der Waals surface area contributed by atoms with Crippen molar-refractivity contribution in [2.75, 3.05) is 49.7 Å². The Hall–Kier alpha value is -2.02. The largest absolute Gasteiger partial charge is 0.395 e. The van der Waals surface area contributed by atoms with E-state index in [1.165, 1.54) is 11.3 Å². The minimum Gasteiger partial charge on any atom is -0.395 e. The smallest absolute Gasteiger partial charge is 0.319 e. The van der Waals surface area contributed by atoms with Crippen LogP contribution in [0.3, 0.4) is 0 Å². The molecule has 3 rings (SSSR count). The lowest BCUT2D eigenvalue weighted by Crippen LogP contribution is -2.36. The number of rotatable bonds is 5. The number of aliphatic hydroxyl groups excluding tert-OH is 1. The number of hydrogen-bond donors (Lipinski definition) is 3. The molecule has 10 heteroatoms. The fourth-order valence-electron chi connectivity index (χ4n) is 2.87. The fourth-order valence-corrected chi connectivity index (χ4v) is 4.58. The fraction of sp³-hybridized carbons (Fsp3) is 0.333. The highest BCUT2D eigenvalue weighted by Crippen LogP contribution is 2.47. The number of nitrogens with zero attached hydrogens (tertiary/aromatic N) is 2. The van der Waals surface area contributed by atoms with Crippen LogP contribution < -0.4 is 15.5 Å². The number of nitriles is 1. The third-order valence-corrected chi connectivity index (χ3v) is 5.84. The molecule has 2 amide bonds. The molecule has 2 heterocycles. The molecule has 0 saturated carbocycles. The van der Waals surface area contributed by atoms with Gasteiger partial charge in [0.25, 0.3) is 0 Å². The van der Waals surface area contributed by atoms with Crippen LogP contribution in [0.1, 0.15) is 5.56 Å². The zero-order chi connectivity index (χ0) is 20.1. The van der Waals surface area contributed by atoms with Crippen LogP contribution in [-0.2, 0) is 4.74 Å². The highest BCUT2D eigenvalue weighted by Gasteiger charge is 2.26. The van der Waals surface area contributed by atoms with Crippen molar-refractivity contribution in [3.8, 4) is 17.2 Å². The van der Waals surface area contributed by atoms with E-state index < -0.39 is 6.03 Å². The topological polar surface area (TPSA) is 97.6 Å². The first-order valence-corrected chi connectivity index (χ1v) is 10.1. The number of carbonyl (C=O) groups excluding carboxylic acids is 1. The van der Waals surface area contributed by atoms with Crippen molar-refractivity contribution in [2.45, 2.75) is 0 Å². The number of halogens is 2. The number of benzene rings is 1. The van der Waals surface area contributed by atoms with Gasteiger partial charge in [-0.05, 0) is 12.1 Å². The number of ether oxygens (including phenoxy) is 1. The Morgan fingerprint density at radius 3 is 2.75 bits per heavy atom. The van der Waals surface area contributed by atoms with Gasteiger partial charge in [-0.25, -0.2) is 4.79 Å². The summed E-state index contributed by atoms with van der Waals surface area (Å²) in [6.45, 7) is 2.39. The molecule has 1 aromatic carbocycles. The van der Waals surface area contributed by atoms with Gasteiger partial charge in [-0.2, -0.15) is 5.26 Å². The maximum Gasteiger partial charge on any atom is 0.319 e. The number of carbonyl (C=O) groups is 1. The van der Waals surface area contributed by atoms with Gasteiger partial charge in [0.05, 0.1) is 30.4 Å². The molecule has 1 fully saturated rings. The summed E-state index contributed by atoms with van der Waals surface area (Å²) in [6.07, 6.45) is 0. The van der Waals surface area contributed by atoms with Crippen LogP contribution in [0.4, 0.5) is 14.8 Å². The number of hydrogen-bond acceptors (Lipinski definition) is 6. The molecule has 7 nitrogen and oxygen atoms in total. The molecule has 0 atom stereocenters. The van der Waals surface area contributed by atoms with Crippen LogP contribution in [0.5, 0.6) is 0 Å². The maximum atomic E-state index is 12.2. The van der Waals surface area contributed by atoms with Crippen LogP contribution in [0, 0.1) is 11.3 Å². The van der Waals surface area contributed by atoms with Gasteiger partial charge in [-0.15, -0.1) is 0 Å². The monoisotopic (exact) mass is 440 g/mol. The van der Waals surface area contributed by atoms with Crippen molar-refractivity contribution < 1.29 is 14.6 Å². The number of urea groups is 1. The van der Waals surface area contributed by atoms with E-state index in [9.17, 15) is 10.1 Å². The normalized spacial score (nSPS) is 13.9. The van der Waals surface area contributed by atoms with Crippen molar-refractivity contribution in [1.29, 1.82) is 5.26 Å². The minimum atomic E-state index is -0.473. The molecular weight excluding hydrogens is 423 g/mol. The molecule has 0 unspecified atom stereocenters. The highest BCUT2D eigenvalue weighted by molar-refractivity contribution is 7.21. The number of morpholine rings is 1. The summed E-state index contributed by atoms with van der Waals surface area (Å²) in [4.78, 5) is 14.2. The Morgan fingerprint density at radius 1 is 1.36 bits per heavy atom. The van der Waals surface area contributed by atoms with Crippen LogP contribution in [0.25, 0.3) is 11.1 Å². The summed E-state index contributed by atoms with van der Waals surface area (Å²) in [5, 5.41) is 26.2. The van der Waals surface area contributed by atoms with E-state index in [0.29, 0.717) is 58.0 Å². The Bertz CT molecular complexity index is 907. The molecule has 0 radical (unpaired) electrons. The van der Waals surface area contributed by atoms with Crippen molar-refractivity contribution in [3.63, 3.8) is 0 Å². The molecule has 28 heavy (non-hydrogen) atoms. The van der Waals surface area contributed by atoms with Crippen molar-refractivity contribution in [1.82, 2.24) is 5.32 Å². The van der Waals surface area contributed by atoms with Crippen molar-refractivity contribution in [2.24, 2.45) is 0 Å². The van der Waals surface area contributed by atoms with Gasteiger partial charge in [0.2, 0.25) is 0 Å². The van der Waals surface area contributed by atoms with Crippen LogP contribution in [-0.4, -0.2) is 50.6 Å². The first-order valence-electron chi connectivity index (χ1n) is 8.56. The summed E-state index contributed by atoms with van der Waals surface area (Å²) in [5.74, 6) is 0. The zero-order valence-electron chi connectivity index (χ0n) is 14.8. The van der Waals surface area contributed by atoms with Gasteiger partial charge in [-0.1, -0.05) is 40.6 Å². The molecule has 0 spiro atoms. The summed E-state index contributed by atoms with van der Waals surface area (Å²) in [6, 6.07) is 6.80. The molecule has 0 aliphatic carbocycles. The second-order valence-electron chi connectivity index (χ2n) is 5.93. The van der Waals surface area contributed by atoms with E-state index in [1.807, 2.05) is 0 Å². The lowest BCUT2D eigenvalue weighted by atomic mass is 10.0. The number of nitrogens with one attached hydrogen (secondary N) is 2. The number of thiophene rings is 1. The number of aliphatic hydroxyl groups is 1. The van der Waals surface area contributed by atoms with E-state index in [0.717, 1.165) is 5.00 Å². The Kier molecular flexibility index (Phi) is 6.99. The second kappa shape index (κ2) is 9.45. The van der Waals surface area contributed by atoms with E-state index in [1.54, 1.807) is 18.2 Å². The first-order chi connectivity index (χ1) is 13.5. The van der Waals surface area contributed by atoms with Crippen LogP contribution >= 0.6 is 34.5 Å². The third kappa shape index (κ3) is 4.51. The van der Waals surface area contributed by atoms with Gasteiger partial charge < -0.3 is 20.1 Å². The molecule has 2 aromatic rings. The van der Waals surface area contributed by atoms with E-state index in [2.05, 4.69) is 21.6 Å². The molecular formula is C18H18Cl2N4O3S. The summed E-state index contributed by atoms with van der Waals surface area (Å²) in [7, 11) is 0. The van der Waals surface area contributed by atoms with E-state index in [4.69, 9.17) is 33.0 Å². The van der Waals surface area contributed by atoms with E-state index >= 15 is 0 Å². The van der Waals surface area contributed by atoms with Gasteiger partial charge in [0.15, 0.2) is 0 Å². The predicted octanol–water partition coefficient (Wildman–Crippen LogP) is 3.54. The lowest BCUT2D eigenvalue weighted by molar-refractivity contribution is 0.123. The molecule has 0 bridgehead atoms. The van der Waals surface area contributed by atoms with E-state index in [-0.39, 0.29) is 13.2 Å². The van der Waals surface area contributed by atoms with Crippen LogP contribution in [0.2, 0.25) is 10.0 Å². The summed E-state index contributed by atoms with van der Waals surface area (Å²) >= 11 is 13.7. The third-order valence-electron chi connectivity index (χ3n) is 4.12. The standard InChI is InChI=1S/C18H18Cl2N4O3S/c19-11-1-2-12(14(20)9-11)15-13(10-21)17(24-4-7-27-8-5-24)28-16(15)23-18(26)22-3-6-25/h1-2,9,25H,3-8H2,(H2,22,23,26). The predicted molar refractivity (Wildman–Crippen MR) is 112 cm³/mol. The molecule has 3 N–H and O–H groups in total. The Balaban J connectivity index is 2.09. The maximum absolute atomic E-state index is 12.2. The Morgan fingerprint density at radius 2 is 2.11 bits per heavy atom. The SMILES string of the molecule is N#Cc1c(N2CCOCC2)sc(NC(=O)NCCO)c1-c1ccc(Cl)cc1Cl. The highest BCUT2D eigenvalue weighted by atomic mass is 35.5. The molecule has 1 aliphatic heterocycles. The van der Waals surface area contributed by atoms with Crippen molar-refractivity contribution >= 4 is 50.6 Å². The number of amides is 2. The first kappa shape index (κ1) is 20.7. The van der Waals surface area contributed by atoms with Crippen molar-refractivity contribution in [3.05, 3.63) is 33.8 Å². The average molecular weight is 441 g/mol. The van der Waals surface area contributed by atoms with Gasteiger partial charge in [0.1, 0.15) is 16.1 Å².